The summed E-state index contributed by atoms with van der Waals surface area (Å²) in [7, 11) is 1.89. The van der Waals surface area contributed by atoms with Crippen LogP contribution in [0.3, 0.4) is 0 Å². The first kappa shape index (κ1) is 15.7. The Bertz CT molecular complexity index is 592. The zero-order valence-corrected chi connectivity index (χ0v) is 14.0. The smallest absolute Gasteiger partial charge is 0.168 e. The number of thioether (sulfide) groups is 1. The lowest BCUT2D eigenvalue weighted by molar-refractivity contribution is 0.271. The van der Waals surface area contributed by atoms with Crippen molar-refractivity contribution in [1.82, 2.24) is 9.55 Å². The number of halogens is 2. The summed E-state index contributed by atoms with van der Waals surface area (Å²) in [4.78, 5) is 4.24. The van der Waals surface area contributed by atoms with E-state index in [-0.39, 0.29) is 6.61 Å². The van der Waals surface area contributed by atoms with Crippen LogP contribution < -0.4 is 4.74 Å². The van der Waals surface area contributed by atoms with Crippen molar-refractivity contribution in [2.75, 3.05) is 12.4 Å². The molecule has 0 bridgehead atoms. The maximum atomic E-state index is 9.09. The van der Waals surface area contributed by atoms with Crippen molar-refractivity contribution in [3.63, 3.8) is 0 Å². The minimum Gasteiger partial charge on any atom is -0.492 e. The number of aliphatic hydroxyl groups is 1. The molecule has 2 aromatic rings. The third-order valence-electron chi connectivity index (χ3n) is 2.67. The minimum atomic E-state index is -0.00170. The molecule has 0 aliphatic carbocycles. The summed E-state index contributed by atoms with van der Waals surface area (Å²) in [6.07, 6.45) is 1.68. The number of imidazole rings is 1. The minimum absolute atomic E-state index is 0.00170. The largest absolute Gasteiger partial charge is 0.492 e. The third-order valence-corrected chi connectivity index (χ3v) is 4.53. The van der Waals surface area contributed by atoms with Gasteiger partial charge in [-0.05, 0) is 34.1 Å². The van der Waals surface area contributed by atoms with Crippen LogP contribution >= 0.6 is 39.3 Å². The van der Waals surface area contributed by atoms with Crippen molar-refractivity contribution in [1.29, 1.82) is 0 Å². The van der Waals surface area contributed by atoms with Crippen molar-refractivity contribution in [2.24, 2.45) is 7.05 Å². The van der Waals surface area contributed by atoms with Crippen LogP contribution in [-0.4, -0.2) is 27.0 Å². The van der Waals surface area contributed by atoms with Gasteiger partial charge in [0.1, 0.15) is 5.75 Å². The normalized spacial score (nSPS) is 10.8. The van der Waals surface area contributed by atoms with Crippen LogP contribution in [0.5, 0.6) is 5.75 Å². The predicted molar refractivity (Wildman–Crippen MR) is 84.5 cm³/mol. The molecule has 7 heteroatoms. The van der Waals surface area contributed by atoms with Crippen LogP contribution in [0, 0.1) is 0 Å². The van der Waals surface area contributed by atoms with E-state index in [9.17, 15) is 0 Å². The lowest BCUT2D eigenvalue weighted by Crippen LogP contribution is -2.03. The average Bonchev–Trinajstić information content (AvgIpc) is 2.77. The van der Waals surface area contributed by atoms with Gasteiger partial charge >= 0.3 is 0 Å². The lowest BCUT2D eigenvalue weighted by atomic mass is 10.3. The molecule has 0 aliphatic heterocycles. The average molecular weight is 378 g/mol. The van der Waals surface area contributed by atoms with E-state index in [2.05, 4.69) is 20.9 Å². The molecular weight excluding hydrogens is 364 g/mol. The second-order valence-electron chi connectivity index (χ2n) is 4.02. The topological polar surface area (TPSA) is 47.3 Å². The van der Waals surface area contributed by atoms with E-state index in [1.807, 2.05) is 17.7 Å². The molecule has 1 aromatic carbocycles. The highest BCUT2D eigenvalue weighted by Crippen LogP contribution is 2.28. The first-order chi connectivity index (χ1) is 9.61. The Morgan fingerprint density at radius 3 is 2.95 bits per heavy atom. The number of benzene rings is 1. The van der Waals surface area contributed by atoms with Gasteiger partial charge in [0, 0.05) is 17.8 Å². The van der Waals surface area contributed by atoms with E-state index in [0.717, 1.165) is 26.8 Å². The Morgan fingerprint density at radius 2 is 2.30 bits per heavy atom. The van der Waals surface area contributed by atoms with Crippen molar-refractivity contribution < 1.29 is 9.84 Å². The molecule has 1 heterocycles. The van der Waals surface area contributed by atoms with E-state index in [0.29, 0.717) is 11.6 Å². The SMILES string of the molecule is Cn1c(CO)cnc1SCCOc1ccc(Cl)cc1Br. The summed E-state index contributed by atoms with van der Waals surface area (Å²) >= 11 is 10.9. The molecule has 0 aliphatic rings. The van der Waals surface area contributed by atoms with Crippen molar-refractivity contribution in [3.05, 3.63) is 39.6 Å². The first-order valence-corrected chi connectivity index (χ1v) is 8.09. The van der Waals surface area contributed by atoms with Crippen molar-refractivity contribution in [3.8, 4) is 5.75 Å². The van der Waals surface area contributed by atoms with Gasteiger partial charge in [-0.3, -0.25) is 0 Å². The van der Waals surface area contributed by atoms with Gasteiger partial charge in [-0.25, -0.2) is 4.98 Å². The molecule has 4 nitrogen and oxygen atoms in total. The molecule has 0 amide bonds. The molecule has 108 valence electrons. The number of ether oxygens (including phenoxy) is 1. The monoisotopic (exact) mass is 376 g/mol. The number of aromatic nitrogens is 2. The number of nitrogens with zero attached hydrogens (tertiary/aromatic N) is 2. The molecule has 1 N–H and O–H groups in total. The fourth-order valence-corrected chi connectivity index (χ4v) is 3.17. The van der Waals surface area contributed by atoms with Gasteiger partial charge in [0.25, 0.3) is 0 Å². The number of aliphatic hydroxyl groups excluding tert-OH is 1. The number of rotatable bonds is 6. The summed E-state index contributed by atoms with van der Waals surface area (Å²) in [6.45, 7) is 0.560. The van der Waals surface area contributed by atoms with Gasteiger partial charge in [-0.1, -0.05) is 23.4 Å². The maximum absolute atomic E-state index is 9.09. The second kappa shape index (κ2) is 7.36. The molecule has 0 saturated carbocycles. The summed E-state index contributed by atoms with van der Waals surface area (Å²) in [5.74, 6) is 1.54. The summed E-state index contributed by atoms with van der Waals surface area (Å²) in [5, 5.41) is 10.6. The highest BCUT2D eigenvalue weighted by atomic mass is 79.9. The predicted octanol–water partition coefficient (Wildman–Crippen LogP) is 3.50. The second-order valence-corrected chi connectivity index (χ2v) is 6.37. The Labute approximate surface area is 135 Å². The molecule has 2 rings (SSSR count). The van der Waals surface area contributed by atoms with Crippen LogP contribution in [0.4, 0.5) is 0 Å². The third kappa shape index (κ3) is 3.91. The van der Waals surface area contributed by atoms with Crippen LogP contribution in [0.15, 0.2) is 34.0 Å². The Balaban J connectivity index is 1.83. The lowest BCUT2D eigenvalue weighted by Gasteiger charge is -2.08. The Morgan fingerprint density at radius 1 is 1.50 bits per heavy atom. The van der Waals surface area contributed by atoms with Crippen molar-refractivity contribution in [2.45, 2.75) is 11.8 Å². The molecule has 0 spiro atoms. The van der Waals surface area contributed by atoms with Gasteiger partial charge in [0.05, 0.1) is 29.6 Å². The van der Waals surface area contributed by atoms with E-state index < -0.39 is 0 Å². The zero-order chi connectivity index (χ0) is 14.5. The van der Waals surface area contributed by atoms with Gasteiger partial charge in [-0.2, -0.15) is 0 Å². The van der Waals surface area contributed by atoms with E-state index in [1.54, 1.807) is 30.1 Å². The van der Waals surface area contributed by atoms with Gasteiger partial charge in [0.2, 0.25) is 0 Å². The number of hydrogen-bond donors (Lipinski definition) is 1. The molecule has 1 aromatic heterocycles. The Kier molecular flexibility index (Phi) is 5.77. The molecule has 0 unspecified atom stereocenters. The van der Waals surface area contributed by atoms with Crippen LogP contribution in [-0.2, 0) is 13.7 Å². The first-order valence-electron chi connectivity index (χ1n) is 5.94. The van der Waals surface area contributed by atoms with E-state index in [4.69, 9.17) is 21.4 Å². The molecule has 20 heavy (non-hydrogen) atoms. The fraction of sp³-hybridized carbons (Fsp3) is 0.308. The standard InChI is InChI=1S/C13H14BrClN2O2S/c1-17-10(8-18)7-16-13(17)20-5-4-19-12-3-2-9(15)6-11(12)14/h2-3,6-7,18H,4-5,8H2,1H3. The van der Waals surface area contributed by atoms with E-state index in [1.165, 1.54) is 0 Å². The zero-order valence-electron chi connectivity index (χ0n) is 10.8. The molecule has 0 atom stereocenters. The Hall–Kier alpha value is -0.690. The molecule has 0 fully saturated rings. The van der Waals surface area contributed by atoms with Gasteiger partial charge < -0.3 is 14.4 Å². The quantitative estimate of drug-likeness (QED) is 0.618. The van der Waals surface area contributed by atoms with Crippen molar-refractivity contribution >= 4 is 39.3 Å². The number of hydrogen-bond acceptors (Lipinski definition) is 4. The van der Waals surface area contributed by atoms with Crippen LogP contribution in [0.2, 0.25) is 5.02 Å². The molecule has 0 radical (unpaired) electrons. The molecule has 0 saturated heterocycles. The summed E-state index contributed by atoms with van der Waals surface area (Å²) < 4.78 is 8.39. The maximum Gasteiger partial charge on any atom is 0.168 e. The van der Waals surface area contributed by atoms with Crippen LogP contribution in [0.1, 0.15) is 5.69 Å². The van der Waals surface area contributed by atoms with Gasteiger partial charge in [-0.15, -0.1) is 0 Å². The fourth-order valence-electron chi connectivity index (χ4n) is 1.58. The van der Waals surface area contributed by atoms with Crippen LogP contribution in [0.25, 0.3) is 0 Å². The molecular formula is C13H14BrClN2O2S. The highest BCUT2D eigenvalue weighted by Gasteiger charge is 2.06. The highest BCUT2D eigenvalue weighted by molar-refractivity contribution is 9.10. The summed E-state index contributed by atoms with van der Waals surface area (Å²) in [6, 6.07) is 5.43. The summed E-state index contributed by atoms with van der Waals surface area (Å²) in [5.41, 5.74) is 0.800. The van der Waals surface area contributed by atoms with E-state index >= 15 is 0 Å². The van der Waals surface area contributed by atoms with Gasteiger partial charge in [0.15, 0.2) is 5.16 Å².